The van der Waals surface area contributed by atoms with Gasteiger partial charge in [0.2, 0.25) is 0 Å². The summed E-state index contributed by atoms with van der Waals surface area (Å²) in [4.78, 5) is 11.0. The Hall–Kier alpha value is -0.630. The summed E-state index contributed by atoms with van der Waals surface area (Å²) in [6, 6.07) is 0. The highest BCUT2D eigenvalue weighted by Gasteiger charge is 2.39. The van der Waals surface area contributed by atoms with Crippen molar-refractivity contribution in [1.82, 2.24) is 0 Å². The van der Waals surface area contributed by atoms with Crippen molar-refractivity contribution in [3.05, 3.63) is 11.6 Å². The first-order valence-electron chi connectivity index (χ1n) is 4.10. The fourth-order valence-corrected chi connectivity index (χ4v) is 2.15. The molecule has 2 aliphatic rings. The smallest absolute Gasteiger partial charge is 0.156 e. The Labute approximate surface area is 65.9 Å². The molecule has 0 unspecified atom stereocenters. The van der Waals surface area contributed by atoms with Crippen molar-refractivity contribution in [3.63, 3.8) is 0 Å². The molecule has 0 spiro atoms. The lowest BCUT2D eigenvalue weighted by atomic mass is 9.94. The van der Waals surface area contributed by atoms with Crippen LogP contribution in [0.25, 0.3) is 0 Å². The van der Waals surface area contributed by atoms with Crippen molar-refractivity contribution >= 4 is 5.78 Å². The maximum atomic E-state index is 11.0. The van der Waals surface area contributed by atoms with Gasteiger partial charge in [0.15, 0.2) is 5.78 Å². The highest BCUT2D eigenvalue weighted by molar-refractivity contribution is 5.93. The predicted octanol–water partition coefficient (Wildman–Crippen LogP) is 0.902. The minimum absolute atomic E-state index is 0.209. The number of hydrogen-bond donors (Lipinski definition) is 1. The zero-order valence-corrected chi connectivity index (χ0v) is 6.58. The summed E-state index contributed by atoms with van der Waals surface area (Å²) in [5, 5.41) is 9.44. The highest BCUT2D eigenvalue weighted by atomic mass is 16.3. The number of allylic oxidation sites excluding steroid dienone is 1. The van der Waals surface area contributed by atoms with Crippen molar-refractivity contribution in [2.24, 2.45) is 11.8 Å². The van der Waals surface area contributed by atoms with E-state index in [0.717, 1.165) is 6.42 Å². The van der Waals surface area contributed by atoms with Gasteiger partial charge in [0.1, 0.15) is 0 Å². The largest absolute Gasteiger partial charge is 0.392 e. The van der Waals surface area contributed by atoms with Crippen molar-refractivity contribution in [1.29, 1.82) is 0 Å². The predicted molar refractivity (Wildman–Crippen MR) is 41.0 cm³/mol. The summed E-state index contributed by atoms with van der Waals surface area (Å²) in [6.07, 6.45) is 2.86. The number of carbonyl (C=O) groups is 1. The maximum absolute atomic E-state index is 11.0. The van der Waals surface area contributed by atoms with Crippen LogP contribution in [-0.4, -0.2) is 17.0 Å². The normalized spacial score (nSPS) is 42.5. The lowest BCUT2D eigenvalue weighted by Crippen LogP contribution is -2.15. The van der Waals surface area contributed by atoms with Crippen LogP contribution in [0.1, 0.15) is 19.8 Å². The molecule has 0 radical (unpaired) electrons. The second-order valence-corrected chi connectivity index (χ2v) is 3.63. The van der Waals surface area contributed by atoms with Crippen molar-refractivity contribution in [2.75, 3.05) is 0 Å². The van der Waals surface area contributed by atoms with Gasteiger partial charge in [-0.05, 0) is 24.3 Å². The van der Waals surface area contributed by atoms with Crippen molar-refractivity contribution < 1.29 is 9.90 Å². The molecule has 2 rings (SSSR count). The van der Waals surface area contributed by atoms with Crippen LogP contribution in [0.2, 0.25) is 0 Å². The van der Waals surface area contributed by atoms with Crippen LogP contribution in [0.15, 0.2) is 11.6 Å². The molecular weight excluding hydrogens is 140 g/mol. The van der Waals surface area contributed by atoms with Crippen LogP contribution >= 0.6 is 0 Å². The van der Waals surface area contributed by atoms with Gasteiger partial charge in [0, 0.05) is 6.42 Å². The Balaban J connectivity index is 2.26. The van der Waals surface area contributed by atoms with Crippen molar-refractivity contribution in [2.45, 2.75) is 25.9 Å². The monoisotopic (exact) mass is 152 g/mol. The Kier molecular flexibility index (Phi) is 1.39. The zero-order valence-electron chi connectivity index (χ0n) is 6.58. The molecule has 0 aromatic carbocycles. The number of fused-ring (bicyclic) bond motifs is 1. The van der Waals surface area contributed by atoms with Crippen LogP contribution in [0.4, 0.5) is 0 Å². The molecule has 0 bridgehead atoms. The minimum atomic E-state index is -0.209. The first kappa shape index (κ1) is 7.04. The van der Waals surface area contributed by atoms with E-state index in [1.807, 2.05) is 6.92 Å². The summed E-state index contributed by atoms with van der Waals surface area (Å²) < 4.78 is 0. The van der Waals surface area contributed by atoms with Gasteiger partial charge in [0.05, 0.1) is 6.10 Å². The molecule has 0 aromatic rings. The Morgan fingerprint density at radius 3 is 2.91 bits per heavy atom. The number of aliphatic hydroxyl groups excluding tert-OH is 1. The summed E-state index contributed by atoms with van der Waals surface area (Å²) in [5.74, 6) is 0.883. The van der Waals surface area contributed by atoms with E-state index in [2.05, 4.69) is 0 Å². The quantitative estimate of drug-likeness (QED) is 0.560. The van der Waals surface area contributed by atoms with Gasteiger partial charge >= 0.3 is 0 Å². The Morgan fingerprint density at radius 2 is 2.27 bits per heavy atom. The molecule has 1 fully saturated rings. The van der Waals surface area contributed by atoms with Gasteiger partial charge in [-0.2, -0.15) is 0 Å². The third-order valence-electron chi connectivity index (χ3n) is 2.93. The summed E-state index contributed by atoms with van der Waals surface area (Å²) >= 11 is 0. The fraction of sp³-hybridized carbons (Fsp3) is 0.667. The molecule has 1 N–H and O–H groups in total. The van der Waals surface area contributed by atoms with Gasteiger partial charge in [0.25, 0.3) is 0 Å². The topological polar surface area (TPSA) is 37.3 Å². The lowest BCUT2D eigenvalue weighted by Gasteiger charge is -2.12. The minimum Gasteiger partial charge on any atom is -0.392 e. The SMILES string of the molecule is C[C@H]1[C@@H](O)CC2=CC(=O)C[C@@H]21. The third-order valence-corrected chi connectivity index (χ3v) is 2.93. The molecule has 2 nitrogen and oxygen atoms in total. The van der Waals surface area contributed by atoms with Gasteiger partial charge in [-0.25, -0.2) is 0 Å². The summed E-state index contributed by atoms with van der Waals surface area (Å²) in [6.45, 7) is 2.02. The molecular formula is C9H12O2. The number of rotatable bonds is 0. The van der Waals surface area contributed by atoms with E-state index in [-0.39, 0.29) is 17.8 Å². The standard InChI is InChI=1S/C9H12O2/c1-5-8-4-7(10)2-6(8)3-9(5)11/h2,5,8-9,11H,3-4H2,1H3/t5-,8-,9+/m1/s1. The van der Waals surface area contributed by atoms with Crippen molar-refractivity contribution in [3.8, 4) is 0 Å². The van der Waals surface area contributed by atoms with E-state index in [4.69, 9.17) is 0 Å². The zero-order chi connectivity index (χ0) is 8.01. The number of hydrogen-bond acceptors (Lipinski definition) is 2. The van der Waals surface area contributed by atoms with Gasteiger partial charge in [-0.1, -0.05) is 12.5 Å². The van der Waals surface area contributed by atoms with Crippen LogP contribution < -0.4 is 0 Å². The molecule has 11 heavy (non-hydrogen) atoms. The summed E-state index contributed by atoms with van der Waals surface area (Å²) in [5.41, 5.74) is 1.18. The van der Waals surface area contributed by atoms with Gasteiger partial charge in [-0.15, -0.1) is 0 Å². The average Bonchev–Trinajstić information content (AvgIpc) is 2.37. The molecule has 0 heterocycles. The van der Waals surface area contributed by atoms with Crippen LogP contribution in [0.3, 0.4) is 0 Å². The first-order valence-corrected chi connectivity index (χ1v) is 4.10. The highest BCUT2D eigenvalue weighted by Crippen LogP contribution is 2.42. The van der Waals surface area contributed by atoms with Crippen LogP contribution in [0, 0.1) is 11.8 Å². The van der Waals surface area contributed by atoms with E-state index in [1.165, 1.54) is 5.57 Å². The van der Waals surface area contributed by atoms with E-state index < -0.39 is 0 Å². The maximum Gasteiger partial charge on any atom is 0.156 e. The first-order chi connectivity index (χ1) is 5.18. The van der Waals surface area contributed by atoms with Crippen LogP contribution in [0.5, 0.6) is 0 Å². The number of ketones is 1. The molecule has 0 amide bonds. The molecule has 0 aromatic heterocycles. The van der Waals surface area contributed by atoms with E-state index in [9.17, 15) is 9.90 Å². The summed E-state index contributed by atoms with van der Waals surface area (Å²) in [7, 11) is 0. The fourth-order valence-electron chi connectivity index (χ4n) is 2.15. The van der Waals surface area contributed by atoms with Crippen LogP contribution in [-0.2, 0) is 4.79 Å². The Morgan fingerprint density at radius 1 is 1.55 bits per heavy atom. The van der Waals surface area contributed by atoms with E-state index in [1.54, 1.807) is 6.08 Å². The number of aliphatic hydroxyl groups is 1. The molecule has 1 saturated carbocycles. The number of carbonyl (C=O) groups excluding carboxylic acids is 1. The van der Waals surface area contributed by atoms with E-state index in [0.29, 0.717) is 12.3 Å². The Bertz CT molecular complexity index is 230. The second-order valence-electron chi connectivity index (χ2n) is 3.63. The second kappa shape index (κ2) is 2.18. The third kappa shape index (κ3) is 0.932. The average molecular weight is 152 g/mol. The molecule has 0 aliphatic heterocycles. The van der Waals surface area contributed by atoms with Gasteiger partial charge in [-0.3, -0.25) is 4.79 Å². The molecule has 2 heteroatoms. The molecule has 0 saturated heterocycles. The molecule has 2 aliphatic carbocycles. The van der Waals surface area contributed by atoms with Gasteiger partial charge < -0.3 is 5.11 Å². The molecule has 3 atom stereocenters. The molecule has 60 valence electrons. The van der Waals surface area contributed by atoms with E-state index >= 15 is 0 Å². The lowest BCUT2D eigenvalue weighted by molar-refractivity contribution is -0.114.